The van der Waals surface area contributed by atoms with E-state index < -0.39 is 5.91 Å². The van der Waals surface area contributed by atoms with E-state index in [0.717, 1.165) is 39.0 Å². The molecule has 0 aliphatic heterocycles. The molecule has 0 saturated heterocycles. The van der Waals surface area contributed by atoms with Crippen molar-refractivity contribution in [2.45, 2.75) is 20.3 Å². The molecule has 0 spiro atoms. The summed E-state index contributed by atoms with van der Waals surface area (Å²) in [6, 6.07) is 17.2. The number of hydrogen-bond donors (Lipinski definition) is 1. The molecule has 29 heavy (non-hydrogen) atoms. The van der Waals surface area contributed by atoms with Crippen molar-refractivity contribution in [2.75, 3.05) is 0 Å². The molecule has 0 radical (unpaired) electrons. The summed E-state index contributed by atoms with van der Waals surface area (Å²) in [4.78, 5) is 20.5. The Kier molecular flexibility index (Phi) is 4.96. The molecular weight excluding hydrogens is 362 g/mol. The van der Waals surface area contributed by atoms with Gasteiger partial charge in [-0.2, -0.15) is 0 Å². The number of primary amides is 1. The molecule has 0 saturated carbocycles. The Morgan fingerprint density at radius 2 is 1.83 bits per heavy atom. The zero-order valence-corrected chi connectivity index (χ0v) is 16.3. The van der Waals surface area contributed by atoms with E-state index in [-0.39, 0.29) is 0 Å². The monoisotopic (exact) mass is 383 g/mol. The van der Waals surface area contributed by atoms with Crippen LogP contribution in [0, 0.1) is 6.92 Å². The van der Waals surface area contributed by atoms with Crippen molar-refractivity contribution in [3.8, 4) is 22.8 Å². The van der Waals surface area contributed by atoms with Crippen LogP contribution in [-0.2, 0) is 6.42 Å². The molecule has 4 aromatic rings. The van der Waals surface area contributed by atoms with Crippen LogP contribution in [0.1, 0.15) is 28.4 Å². The SMILES string of the molecule is CCc1cc(-c2cc(Oc3ccc4ncc(C)cc4c3)ccn2)ccc1C(N)=O. The Bertz CT molecular complexity index is 1220. The third kappa shape index (κ3) is 3.94. The molecule has 0 aliphatic rings. The average Bonchev–Trinajstić information content (AvgIpc) is 2.73. The highest BCUT2D eigenvalue weighted by Crippen LogP contribution is 2.29. The Balaban J connectivity index is 1.65. The van der Waals surface area contributed by atoms with Crippen molar-refractivity contribution in [1.82, 2.24) is 9.97 Å². The third-order valence-electron chi connectivity index (χ3n) is 4.80. The fourth-order valence-corrected chi connectivity index (χ4v) is 3.34. The first kappa shape index (κ1) is 18.6. The van der Waals surface area contributed by atoms with Crippen molar-refractivity contribution in [3.05, 3.63) is 83.7 Å². The van der Waals surface area contributed by atoms with Crippen molar-refractivity contribution < 1.29 is 9.53 Å². The molecule has 2 aromatic heterocycles. The summed E-state index contributed by atoms with van der Waals surface area (Å²) in [7, 11) is 0. The number of pyridine rings is 2. The summed E-state index contributed by atoms with van der Waals surface area (Å²) in [6.07, 6.45) is 4.28. The summed E-state index contributed by atoms with van der Waals surface area (Å²) < 4.78 is 6.07. The lowest BCUT2D eigenvalue weighted by molar-refractivity contribution is 0.0999. The maximum atomic E-state index is 11.6. The lowest BCUT2D eigenvalue weighted by atomic mass is 9.99. The number of carbonyl (C=O) groups is 1. The van der Waals surface area contributed by atoms with E-state index in [1.807, 2.05) is 62.5 Å². The van der Waals surface area contributed by atoms with Crippen molar-refractivity contribution >= 4 is 16.8 Å². The standard InChI is InChI=1S/C24H21N3O2/c1-3-16-11-17(4-6-21(16)24(25)28)23-13-20(8-9-26-23)29-19-5-7-22-18(12-19)10-15(2)14-27-22/h4-14H,3H2,1-2H3,(H2,25,28). The van der Waals surface area contributed by atoms with Gasteiger partial charge in [0.2, 0.25) is 5.91 Å². The van der Waals surface area contributed by atoms with E-state index >= 15 is 0 Å². The second-order valence-corrected chi connectivity index (χ2v) is 6.94. The van der Waals surface area contributed by atoms with E-state index in [1.165, 1.54) is 0 Å². The Labute approximate surface area is 169 Å². The Morgan fingerprint density at radius 1 is 1.00 bits per heavy atom. The van der Waals surface area contributed by atoms with Gasteiger partial charge in [-0.1, -0.05) is 13.0 Å². The van der Waals surface area contributed by atoms with Crippen LogP contribution >= 0.6 is 0 Å². The fourth-order valence-electron chi connectivity index (χ4n) is 3.34. The molecule has 2 heterocycles. The lowest BCUT2D eigenvalue weighted by Gasteiger charge is -2.10. The minimum atomic E-state index is -0.417. The van der Waals surface area contributed by atoms with Crippen LogP contribution in [-0.4, -0.2) is 15.9 Å². The number of aryl methyl sites for hydroxylation is 2. The predicted octanol–water partition coefficient (Wildman–Crippen LogP) is 5.06. The first-order chi connectivity index (χ1) is 14.0. The molecule has 0 unspecified atom stereocenters. The number of fused-ring (bicyclic) bond motifs is 1. The van der Waals surface area contributed by atoms with Crippen LogP contribution < -0.4 is 10.5 Å². The molecule has 0 atom stereocenters. The highest BCUT2D eigenvalue weighted by atomic mass is 16.5. The quantitative estimate of drug-likeness (QED) is 0.522. The van der Waals surface area contributed by atoms with Crippen LogP contribution in [0.4, 0.5) is 0 Å². The summed E-state index contributed by atoms with van der Waals surface area (Å²) in [5.74, 6) is 1.01. The van der Waals surface area contributed by atoms with Gasteiger partial charge >= 0.3 is 0 Å². The van der Waals surface area contributed by atoms with Gasteiger partial charge in [-0.15, -0.1) is 0 Å². The van der Waals surface area contributed by atoms with Crippen LogP contribution in [0.2, 0.25) is 0 Å². The van der Waals surface area contributed by atoms with Gasteiger partial charge in [0.1, 0.15) is 11.5 Å². The normalized spacial score (nSPS) is 10.8. The average molecular weight is 383 g/mol. The Morgan fingerprint density at radius 3 is 2.62 bits per heavy atom. The van der Waals surface area contributed by atoms with Crippen molar-refractivity contribution in [1.29, 1.82) is 0 Å². The summed E-state index contributed by atoms with van der Waals surface area (Å²) in [5, 5.41) is 1.03. The largest absolute Gasteiger partial charge is 0.457 e. The van der Waals surface area contributed by atoms with Gasteiger partial charge in [0.15, 0.2) is 0 Å². The molecule has 0 bridgehead atoms. The van der Waals surface area contributed by atoms with Gasteiger partial charge in [-0.3, -0.25) is 14.8 Å². The first-order valence-corrected chi connectivity index (χ1v) is 9.47. The van der Waals surface area contributed by atoms with E-state index in [9.17, 15) is 4.79 Å². The number of amides is 1. The van der Waals surface area contributed by atoms with Crippen LogP contribution in [0.3, 0.4) is 0 Å². The van der Waals surface area contributed by atoms with E-state index in [4.69, 9.17) is 10.5 Å². The summed E-state index contributed by atoms with van der Waals surface area (Å²) >= 11 is 0. The lowest BCUT2D eigenvalue weighted by Crippen LogP contribution is -2.13. The summed E-state index contributed by atoms with van der Waals surface area (Å²) in [5.41, 5.74) is 10.6. The molecule has 0 aliphatic carbocycles. The molecule has 2 aromatic carbocycles. The number of benzene rings is 2. The van der Waals surface area contributed by atoms with Gasteiger partial charge in [-0.05, 0) is 66.9 Å². The molecule has 5 heteroatoms. The van der Waals surface area contributed by atoms with Gasteiger partial charge in [0, 0.05) is 35.0 Å². The zero-order valence-electron chi connectivity index (χ0n) is 16.3. The minimum Gasteiger partial charge on any atom is -0.457 e. The first-order valence-electron chi connectivity index (χ1n) is 9.47. The smallest absolute Gasteiger partial charge is 0.248 e. The van der Waals surface area contributed by atoms with Gasteiger partial charge in [0.05, 0.1) is 11.2 Å². The number of nitrogens with zero attached hydrogens (tertiary/aromatic N) is 2. The minimum absolute atomic E-state index is 0.417. The van der Waals surface area contributed by atoms with Crippen LogP contribution in [0.5, 0.6) is 11.5 Å². The zero-order chi connectivity index (χ0) is 20.4. The highest BCUT2D eigenvalue weighted by molar-refractivity contribution is 5.95. The molecule has 0 fully saturated rings. The number of hydrogen-bond acceptors (Lipinski definition) is 4. The molecular formula is C24H21N3O2. The van der Waals surface area contributed by atoms with Crippen LogP contribution in [0.15, 0.2) is 67.0 Å². The Hall–Kier alpha value is -3.73. The van der Waals surface area contributed by atoms with Crippen molar-refractivity contribution in [2.24, 2.45) is 5.73 Å². The molecule has 144 valence electrons. The maximum absolute atomic E-state index is 11.6. The van der Waals surface area contributed by atoms with Crippen LogP contribution in [0.25, 0.3) is 22.2 Å². The van der Waals surface area contributed by atoms with Gasteiger partial charge in [0.25, 0.3) is 0 Å². The second kappa shape index (κ2) is 7.72. The topological polar surface area (TPSA) is 78.1 Å². The maximum Gasteiger partial charge on any atom is 0.248 e. The third-order valence-corrected chi connectivity index (χ3v) is 4.80. The number of nitrogens with two attached hydrogens (primary N) is 1. The van der Waals surface area contributed by atoms with E-state index in [0.29, 0.717) is 17.7 Å². The fraction of sp³-hybridized carbons (Fsp3) is 0.125. The van der Waals surface area contributed by atoms with Gasteiger partial charge in [-0.25, -0.2) is 0 Å². The molecule has 5 nitrogen and oxygen atoms in total. The van der Waals surface area contributed by atoms with E-state index in [1.54, 1.807) is 12.3 Å². The summed E-state index contributed by atoms with van der Waals surface area (Å²) in [6.45, 7) is 4.01. The van der Waals surface area contributed by atoms with E-state index in [2.05, 4.69) is 16.0 Å². The molecule has 2 N–H and O–H groups in total. The van der Waals surface area contributed by atoms with Gasteiger partial charge < -0.3 is 10.5 Å². The number of ether oxygens (including phenoxy) is 1. The van der Waals surface area contributed by atoms with Crippen molar-refractivity contribution in [3.63, 3.8) is 0 Å². The highest BCUT2D eigenvalue weighted by Gasteiger charge is 2.10. The number of aromatic nitrogens is 2. The number of rotatable bonds is 5. The second-order valence-electron chi connectivity index (χ2n) is 6.94. The number of carbonyl (C=O) groups excluding carboxylic acids is 1. The molecule has 4 rings (SSSR count). The molecule has 1 amide bonds. The predicted molar refractivity (Wildman–Crippen MR) is 114 cm³/mol.